The Kier molecular flexibility index (Phi) is 4.71. The number of urea groups is 1. The lowest BCUT2D eigenvalue weighted by Gasteiger charge is -2.22. The van der Waals surface area contributed by atoms with Gasteiger partial charge < -0.3 is 14.5 Å². The summed E-state index contributed by atoms with van der Waals surface area (Å²) in [6.45, 7) is 1.53. The number of nitrogens with zero attached hydrogens (tertiary/aromatic N) is 3. The highest BCUT2D eigenvalue weighted by Crippen LogP contribution is 2.31. The zero-order valence-electron chi connectivity index (χ0n) is 15.7. The molecule has 0 spiro atoms. The molecule has 1 atom stereocenters. The smallest absolute Gasteiger partial charge is 0.325 e. The number of imide groups is 1. The number of carbonyl (C=O) groups is 2. The summed E-state index contributed by atoms with van der Waals surface area (Å²) in [5, 5.41) is 11.3. The molecule has 1 unspecified atom stereocenters. The number of hydrogen-bond acceptors (Lipinski definition) is 6. The Morgan fingerprint density at radius 3 is 2.45 bits per heavy atom. The van der Waals surface area contributed by atoms with E-state index < -0.39 is 17.5 Å². The summed E-state index contributed by atoms with van der Waals surface area (Å²) in [4.78, 5) is 26.6. The number of hydrogen-bond donors (Lipinski definition) is 1. The Hall–Kier alpha value is -3.39. The lowest BCUT2D eigenvalue weighted by Crippen LogP contribution is -2.40. The fraction of sp³-hybridized carbons (Fsp3) is 0.200. The highest BCUT2D eigenvalue weighted by atomic mass is 35.5. The van der Waals surface area contributed by atoms with E-state index in [1.54, 1.807) is 62.6 Å². The molecule has 4 rings (SSSR count). The largest absolute Gasteiger partial charge is 0.497 e. The molecule has 2 aromatic carbocycles. The molecule has 0 saturated carbocycles. The fourth-order valence-corrected chi connectivity index (χ4v) is 3.25. The molecule has 1 aromatic heterocycles. The molecule has 29 heavy (non-hydrogen) atoms. The third-order valence-electron chi connectivity index (χ3n) is 4.79. The van der Waals surface area contributed by atoms with Gasteiger partial charge in [-0.1, -0.05) is 23.7 Å². The Labute approximate surface area is 171 Å². The first-order valence-corrected chi connectivity index (χ1v) is 9.15. The van der Waals surface area contributed by atoms with E-state index in [1.807, 2.05) is 0 Å². The Morgan fingerprint density at radius 2 is 1.79 bits per heavy atom. The lowest BCUT2D eigenvalue weighted by molar-refractivity contribution is -0.131. The number of halogens is 1. The Balaban J connectivity index is 1.54. The van der Waals surface area contributed by atoms with Crippen LogP contribution < -0.4 is 10.1 Å². The summed E-state index contributed by atoms with van der Waals surface area (Å²) >= 11 is 5.88. The molecular formula is C20H17ClN4O4. The van der Waals surface area contributed by atoms with Crippen LogP contribution in [0.3, 0.4) is 0 Å². The molecular weight excluding hydrogens is 396 g/mol. The molecule has 1 aliphatic heterocycles. The van der Waals surface area contributed by atoms with Crippen molar-refractivity contribution in [1.29, 1.82) is 0 Å². The van der Waals surface area contributed by atoms with Crippen molar-refractivity contribution in [3.8, 4) is 17.2 Å². The quantitative estimate of drug-likeness (QED) is 0.645. The SMILES string of the molecule is COc1ccc(C2(C)NC(=O)N(Cc3nnc(-c4ccc(Cl)cc4)o3)C2=O)cc1. The first kappa shape index (κ1) is 18.9. The van der Waals surface area contributed by atoms with Crippen LogP contribution in [0.1, 0.15) is 18.4 Å². The molecule has 0 bridgehead atoms. The van der Waals surface area contributed by atoms with E-state index in [0.717, 1.165) is 4.90 Å². The average Bonchev–Trinajstić information content (AvgIpc) is 3.28. The second kappa shape index (κ2) is 7.21. The first-order chi connectivity index (χ1) is 13.9. The topological polar surface area (TPSA) is 97.6 Å². The van der Waals surface area contributed by atoms with Gasteiger partial charge in [0.05, 0.1) is 7.11 Å². The molecule has 1 aliphatic rings. The number of methoxy groups -OCH3 is 1. The van der Waals surface area contributed by atoms with Crippen molar-refractivity contribution >= 4 is 23.5 Å². The van der Waals surface area contributed by atoms with Crippen molar-refractivity contribution < 1.29 is 18.7 Å². The van der Waals surface area contributed by atoms with E-state index >= 15 is 0 Å². The van der Waals surface area contributed by atoms with Crippen LogP contribution in [-0.4, -0.2) is 34.1 Å². The predicted molar refractivity (Wildman–Crippen MR) is 104 cm³/mol. The maximum Gasteiger partial charge on any atom is 0.325 e. The Morgan fingerprint density at radius 1 is 1.10 bits per heavy atom. The summed E-state index contributed by atoms with van der Waals surface area (Å²) in [5.74, 6) is 0.685. The van der Waals surface area contributed by atoms with Gasteiger partial charge in [-0.05, 0) is 48.9 Å². The fourth-order valence-electron chi connectivity index (χ4n) is 3.12. The number of rotatable bonds is 5. The van der Waals surface area contributed by atoms with Crippen LogP contribution in [0.5, 0.6) is 5.75 Å². The van der Waals surface area contributed by atoms with Gasteiger partial charge in [-0.3, -0.25) is 9.69 Å². The van der Waals surface area contributed by atoms with Crippen LogP contribution in [0, 0.1) is 0 Å². The second-order valence-electron chi connectivity index (χ2n) is 6.68. The zero-order chi connectivity index (χ0) is 20.6. The lowest BCUT2D eigenvalue weighted by atomic mass is 9.92. The van der Waals surface area contributed by atoms with Gasteiger partial charge in [0.15, 0.2) is 0 Å². The van der Waals surface area contributed by atoms with Crippen LogP contribution in [0.15, 0.2) is 52.9 Å². The van der Waals surface area contributed by atoms with Crippen molar-refractivity contribution in [2.45, 2.75) is 19.0 Å². The second-order valence-corrected chi connectivity index (χ2v) is 7.12. The minimum absolute atomic E-state index is 0.128. The summed E-state index contributed by atoms with van der Waals surface area (Å²) in [6.07, 6.45) is 0. The molecule has 3 amide bonds. The summed E-state index contributed by atoms with van der Waals surface area (Å²) < 4.78 is 10.8. The number of nitrogens with one attached hydrogen (secondary N) is 1. The molecule has 0 radical (unpaired) electrons. The van der Waals surface area contributed by atoms with Gasteiger partial charge in [-0.25, -0.2) is 4.79 Å². The van der Waals surface area contributed by atoms with Gasteiger partial charge in [0.1, 0.15) is 17.8 Å². The number of ether oxygens (including phenoxy) is 1. The third-order valence-corrected chi connectivity index (χ3v) is 5.05. The van der Waals surface area contributed by atoms with E-state index in [-0.39, 0.29) is 18.3 Å². The van der Waals surface area contributed by atoms with Crippen molar-refractivity contribution in [3.05, 3.63) is 65.0 Å². The molecule has 1 N–H and O–H groups in total. The van der Waals surface area contributed by atoms with E-state index in [9.17, 15) is 9.59 Å². The highest BCUT2D eigenvalue weighted by molar-refractivity contribution is 6.30. The molecule has 1 saturated heterocycles. The van der Waals surface area contributed by atoms with Gasteiger partial charge in [-0.2, -0.15) is 0 Å². The van der Waals surface area contributed by atoms with Gasteiger partial charge in [0, 0.05) is 10.6 Å². The molecule has 3 aromatic rings. The maximum absolute atomic E-state index is 13.0. The van der Waals surface area contributed by atoms with E-state index in [1.165, 1.54) is 0 Å². The number of aromatic nitrogens is 2. The first-order valence-electron chi connectivity index (χ1n) is 8.77. The van der Waals surface area contributed by atoms with Gasteiger partial charge >= 0.3 is 6.03 Å². The summed E-state index contributed by atoms with van der Waals surface area (Å²) in [7, 11) is 1.56. The minimum atomic E-state index is -1.19. The number of carbonyl (C=O) groups excluding carboxylic acids is 2. The van der Waals surface area contributed by atoms with Crippen LogP contribution in [-0.2, 0) is 16.9 Å². The molecule has 9 heteroatoms. The minimum Gasteiger partial charge on any atom is -0.497 e. The molecule has 2 heterocycles. The van der Waals surface area contributed by atoms with Crippen molar-refractivity contribution in [2.75, 3.05) is 7.11 Å². The number of amides is 3. The summed E-state index contributed by atoms with van der Waals surface area (Å²) in [6, 6.07) is 13.3. The molecule has 148 valence electrons. The molecule has 1 fully saturated rings. The van der Waals surface area contributed by atoms with Crippen LogP contribution in [0.25, 0.3) is 11.5 Å². The zero-order valence-corrected chi connectivity index (χ0v) is 16.4. The van der Waals surface area contributed by atoms with Crippen molar-refractivity contribution in [3.63, 3.8) is 0 Å². The van der Waals surface area contributed by atoms with Crippen LogP contribution in [0.2, 0.25) is 5.02 Å². The highest BCUT2D eigenvalue weighted by Gasteiger charge is 2.49. The van der Waals surface area contributed by atoms with Crippen LogP contribution in [0.4, 0.5) is 4.79 Å². The molecule has 8 nitrogen and oxygen atoms in total. The predicted octanol–water partition coefficient (Wildman–Crippen LogP) is 3.37. The number of benzene rings is 2. The van der Waals surface area contributed by atoms with Crippen molar-refractivity contribution in [2.24, 2.45) is 0 Å². The van der Waals surface area contributed by atoms with E-state index in [4.69, 9.17) is 20.8 Å². The maximum atomic E-state index is 13.0. The van der Waals surface area contributed by atoms with Gasteiger partial charge in [-0.15, -0.1) is 10.2 Å². The van der Waals surface area contributed by atoms with Gasteiger partial charge in [0.25, 0.3) is 5.91 Å². The van der Waals surface area contributed by atoms with E-state index in [0.29, 0.717) is 21.9 Å². The van der Waals surface area contributed by atoms with Gasteiger partial charge in [0.2, 0.25) is 11.8 Å². The summed E-state index contributed by atoms with van der Waals surface area (Å²) in [5.41, 5.74) is 0.141. The van der Waals surface area contributed by atoms with Crippen molar-refractivity contribution in [1.82, 2.24) is 20.4 Å². The average molecular weight is 413 g/mol. The van der Waals surface area contributed by atoms with E-state index in [2.05, 4.69) is 15.5 Å². The Bertz CT molecular complexity index is 1060. The normalized spacial score (nSPS) is 18.8. The standard InChI is InChI=1S/C20H17ClN4O4/c1-20(13-5-9-15(28-2)10-6-13)18(26)25(19(27)22-20)11-16-23-24-17(29-16)12-3-7-14(21)8-4-12/h3-10H,11H2,1-2H3,(H,22,27). The molecule has 0 aliphatic carbocycles. The third kappa shape index (κ3) is 3.42. The van der Waals surface area contributed by atoms with Crippen LogP contribution >= 0.6 is 11.6 Å². The monoisotopic (exact) mass is 412 g/mol.